The van der Waals surface area contributed by atoms with Crippen LogP contribution in [0.3, 0.4) is 0 Å². The largest absolute Gasteiger partial charge is 0.312 e. The first-order valence-corrected chi connectivity index (χ1v) is 9.36. The number of hydrogen-bond acceptors (Lipinski definition) is 5. The van der Waals surface area contributed by atoms with Gasteiger partial charge in [0.15, 0.2) is 0 Å². The molecule has 0 saturated carbocycles. The molecule has 1 saturated heterocycles. The van der Waals surface area contributed by atoms with Gasteiger partial charge in [0.1, 0.15) is 5.01 Å². The van der Waals surface area contributed by atoms with Gasteiger partial charge in [-0.15, -0.1) is 23.1 Å². The summed E-state index contributed by atoms with van der Waals surface area (Å²) in [6.45, 7) is 11.0. The van der Waals surface area contributed by atoms with Gasteiger partial charge in [0.2, 0.25) is 0 Å². The molecule has 0 radical (unpaired) electrons. The summed E-state index contributed by atoms with van der Waals surface area (Å²) in [5.74, 6) is 1.21. The van der Waals surface area contributed by atoms with Gasteiger partial charge in [-0.2, -0.15) is 11.8 Å². The molecule has 1 fully saturated rings. The predicted octanol–water partition coefficient (Wildman–Crippen LogP) is 3.86. The number of thioether (sulfide) groups is 2. The Labute approximate surface area is 123 Å². The summed E-state index contributed by atoms with van der Waals surface area (Å²) in [4.78, 5) is 6.20. The van der Waals surface area contributed by atoms with Crippen molar-refractivity contribution in [3.63, 3.8) is 0 Å². The van der Waals surface area contributed by atoms with Crippen LogP contribution >= 0.6 is 34.9 Å². The molecular weight excluding hydrogens is 280 g/mol. The zero-order chi connectivity index (χ0) is 13.1. The van der Waals surface area contributed by atoms with E-state index in [0.29, 0.717) is 5.25 Å². The SMILES string of the molecule is CCNCc1sc(C2CSC(C)C(C)S2)nc1C. The van der Waals surface area contributed by atoms with Crippen LogP contribution in [0, 0.1) is 6.92 Å². The second-order valence-corrected chi connectivity index (χ2v) is 8.82. The van der Waals surface area contributed by atoms with Gasteiger partial charge >= 0.3 is 0 Å². The highest BCUT2D eigenvalue weighted by molar-refractivity contribution is 8.07. The van der Waals surface area contributed by atoms with E-state index in [4.69, 9.17) is 4.98 Å². The summed E-state index contributed by atoms with van der Waals surface area (Å²) in [5, 5.41) is 6.83. The number of nitrogens with zero attached hydrogens (tertiary/aromatic N) is 1. The lowest BCUT2D eigenvalue weighted by Gasteiger charge is -2.30. The lowest BCUT2D eigenvalue weighted by atomic mass is 10.3. The summed E-state index contributed by atoms with van der Waals surface area (Å²) in [5.41, 5.74) is 1.22. The highest BCUT2D eigenvalue weighted by Crippen LogP contribution is 2.45. The Balaban J connectivity index is 2.05. The van der Waals surface area contributed by atoms with Gasteiger partial charge in [0.05, 0.1) is 10.9 Å². The van der Waals surface area contributed by atoms with E-state index in [2.05, 4.69) is 56.5 Å². The fraction of sp³-hybridized carbons (Fsp3) is 0.769. The lowest BCUT2D eigenvalue weighted by Crippen LogP contribution is -2.21. The van der Waals surface area contributed by atoms with Crippen molar-refractivity contribution in [3.8, 4) is 0 Å². The lowest BCUT2D eigenvalue weighted by molar-refractivity contribution is 0.731. The Hall–Kier alpha value is 0.290. The zero-order valence-corrected chi connectivity index (χ0v) is 14.0. The molecule has 18 heavy (non-hydrogen) atoms. The summed E-state index contributed by atoms with van der Waals surface area (Å²) in [6.07, 6.45) is 0. The van der Waals surface area contributed by atoms with E-state index >= 15 is 0 Å². The van der Waals surface area contributed by atoms with E-state index in [1.165, 1.54) is 21.3 Å². The third kappa shape index (κ3) is 3.44. The van der Waals surface area contributed by atoms with E-state index in [1.54, 1.807) is 0 Å². The molecule has 5 heteroatoms. The second-order valence-electron chi connectivity index (χ2n) is 4.71. The third-order valence-electron chi connectivity index (χ3n) is 3.27. The number of rotatable bonds is 4. The molecule has 2 nitrogen and oxygen atoms in total. The van der Waals surface area contributed by atoms with E-state index in [-0.39, 0.29) is 0 Å². The molecule has 2 heterocycles. The van der Waals surface area contributed by atoms with E-state index in [9.17, 15) is 0 Å². The van der Waals surface area contributed by atoms with Crippen molar-refractivity contribution in [2.24, 2.45) is 0 Å². The first-order valence-electron chi connectivity index (χ1n) is 6.55. The van der Waals surface area contributed by atoms with Gasteiger partial charge < -0.3 is 5.32 Å². The Morgan fingerprint density at radius 3 is 2.78 bits per heavy atom. The molecule has 102 valence electrons. The van der Waals surface area contributed by atoms with Crippen LogP contribution < -0.4 is 5.32 Å². The van der Waals surface area contributed by atoms with Gasteiger partial charge in [-0.25, -0.2) is 4.98 Å². The Morgan fingerprint density at radius 2 is 2.11 bits per heavy atom. The predicted molar refractivity (Wildman–Crippen MR) is 85.9 cm³/mol. The first-order chi connectivity index (χ1) is 8.61. The molecule has 1 aromatic rings. The van der Waals surface area contributed by atoms with Crippen LogP contribution in [-0.2, 0) is 6.54 Å². The molecule has 0 bridgehead atoms. The number of aryl methyl sites for hydroxylation is 1. The van der Waals surface area contributed by atoms with Gasteiger partial charge in [0.25, 0.3) is 0 Å². The summed E-state index contributed by atoms with van der Waals surface area (Å²) < 4.78 is 0. The molecule has 1 N–H and O–H groups in total. The van der Waals surface area contributed by atoms with Crippen LogP contribution in [0.25, 0.3) is 0 Å². The van der Waals surface area contributed by atoms with Crippen molar-refractivity contribution >= 4 is 34.9 Å². The van der Waals surface area contributed by atoms with Gasteiger partial charge in [-0.05, 0) is 13.5 Å². The van der Waals surface area contributed by atoms with Crippen molar-refractivity contribution in [2.75, 3.05) is 12.3 Å². The normalized spacial score (nSPS) is 28.6. The average molecular weight is 303 g/mol. The molecule has 1 aromatic heterocycles. The van der Waals surface area contributed by atoms with Crippen LogP contribution in [0.4, 0.5) is 0 Å². The molecule has 2 rings (SSSR count). The van der Waals surface area contributed by atoms with Crippen molar-refractivity contribution in [3.05, 3.63) is 15.6 Å². The minimum atomic E-state index is 0.597. The summed E-state index contributed by atoms with van der Waals surface area (Å²) >= 11 is 6.09. The molecule has 3 atom stereocenters. The van der Waals surface area contributed by atoms with Gasteiger partial charge in [-0.3, -0.25) is 0 Å². The highest BCUT2D eigenvalue weighted by atomic mass is 32.2. The van der Waals surface area contributed by atoms with Crippen LogP contribution in [0.5, 0.6) is 0 Å². The second kappa shape index (κ2) is 6.64. The maximum atomic E-state index is 4.79. The van der Waals surface area contributed by atoms with Crippen LogP contribution in [0.2, 0.25) is 0 Å². The van der Waals surface area contributed by atoms with Crippen molar-refractivity contribution < 1.29 is 0 Å². The smallest absolute Gasteiger partial charge is 0.107 e. The fourth-order valence-electron chi connectivity index (χ4n) is 1.90. The zero-order valence-electron chi connectivity index (χ0n) is 11.5. The Bertz CT molecular complexity index is 392. The highest BCUT2D eigenvalue weighted by Gasteiger charge is 2.29. The quantitative estimate of drug-likeness (QED) is 0.913. The van der Waals surface area contributed by atoms with Crippen LogP contribution in [0.1, 0.15) is 41.6 Å². The van der Waals surface area contributed by atoms with E-state index in [0.717, 1.165) is 23.6 Å². The van der Waals surface area contributed by atoms with Crippen molar-refractivity contribution in [1.82, 2.24) is 10.3 Å². The maximum absolute atomic E-state index is 4.79. The average Bonchev–Trinajstić information content (AvgIpc) is 2.72. The monoisotopic (exact) mass is 302 g/mol. The van der Waals surface area contributed by atoms with Crippen LogP contribution in [0.15, 0.2) is 0 Å². The standard InChI is InChI=1S/C13H22N2S3/c1-5-14-6-11-8(2)15-13(18-11)12-7-16-9(3)10(4)17-12/h9-10,12,14H,5-7H2,1-4H3. The van der Waals surface area contributed by atoms with Crippen LogP contribution in [-0.4, -0.2) is 27.8 Å². The molecule has 1 aliphatic rings. The number of aromatic nitrogens is 1. The van der Waals surface area contributed by atoms with Crippen molar-refractivity contribution in [1.29, 1.82) is 0 Å². The maximum Gasteiger partial charge on any atom is 0.107 e. The molecule has 0 aromatic carbocycles. The van der Waals surface area contributed by atoms with Gasteiger partial charge in [0, 0.05) is 27.7 Å². The summed E-state index contributed by atoms with van der Waals surface area (Å²) in [6, 6.07) is 0. The molecule has 0 amide bonds. The molecule has 0 spiro atoms. The molecule has 0 aliphatic carbocycles. The first kappa shape index (κ1) is 14.7. The fourth-order valence-corrected chi connectivity index (χ4v) is 6.13. The Kier molecular flexibility index (Phi) is 5.42. The number of thiazole rings is 1. The molecular formula is C13H22N2S3. The third-order valence-corrected chi connectivity index (χ3v) is 8.09. The Morgan fingerprint density at radius 1 is 1.33 bits per heavy atom. The topological polar surface area (TPSA) is 24.9 Å². The molecule has 3 unspecified atom stereocenters. The molecule has 1 aliphatic heterocycles. The minimum Gasteiger partial charge on any atom is -0.312 e. The number of nitrogens with one attached hydrogen (secondary N) is 1. The van der Waals surface area contributed by atoms with E-state index in [1.807, 2.05) is 11.3 Å². The van der Waals surface area contributed by atoms with E-state index < -0.39 is 0 Å². The number of hydrogen-bond donors (Lipinski definition) is 1. The van der Waals surface area contributed by atoms with Gasteiger partial charge in [-0.1, -0.05) is 20.8 Å². The summed E-state index contributed by atoms with van der Waals surface area (Å²) in [7, 11) is 0. The minimum absolute atomic E-state index is 0.597. The van der Waals surface area contributed by atoms with Crippen molar-refractivity contribution in [2.45, 2.75) is 50.0 Å².